The van der Waals surface area contributed by atoms with Gasteiger partial charge in [0.2, 0.25) is 5.91 Å². The number of carbonyl (C=O) groups excluding carboxylic acids is 1. The Morgan fingerprint density at radius 3 is 2.95 bits per heavy atom. The molecule has 21 heavy (non-hydrogen) atoms. The zero-order valence-electron chi connectivity index (χ0n) is 11.6. The summed E-state index contributed by atoms with van der Waals surface area (Å²) in [5.74, 6) is 1.63. The highest BCUT2D eigenvalue weighted by Gasteiger charge is 2.31. The van der Waals surface area contributed by atoms with E-state index >= 15 is 0 Å². The van der Waals surface area contributed by atoms with Gasteiger partial charge in [-0.3, -0.25) is 9.48 Å². The number of amides is 1. The molecule has 4 rings (SSSR count). The van der Waals surface area contributed by atoms with Crippen molar-refractivity contribution in [3.63, 3.8) is 0 Å². The Bertz CT molecular complexity index is 795. The van der Waals surface area contributed by atoms with Gasteiger partial charge >= 0.3 is 0 Å². The molecule has 0 aliphatic heterocycles. The van der Waals surface area contributed by atoms with Crippen molar-refractivity contribution in [3.05, 3.63) is 30.5 Å². The monoisotopic (exact) mass is 281 g/mol. The molecule has 6 heteroatoms. The van der Waals surface area contributed by atoms with Crippen molar-refractivity contribution >= 4 is 22.8 Å². The number of H-pyrrole nitrogens is 1. The van der Waals surface area contributed by atoms with Gasteiger partial charge in [-0.25, -0.2) is 4.98 Å². The fraction of sp³-hybridized carbons (Fsp3) is 0.267. The number of nitrogens with zero attached hydrogens (tertiary/aromatic N) is 3. The predicted molar refractivity (Wildman–Crippen MR) is 79.6 cm³/mol. The summed E-state index contributed by atoms with van der Waals surface area (Å²) in [6, 6.07) is 7.84. The third-order valence-corrected chi connectivity index (χ3v) is 3.77. The molecular formula is C15H15N5O. The van der Waals surface area contributed by atoms with Crippen molar-refractivity contribution < 1.29 is 4.79 Å². The summed E-state index contributed by atoms with van der Waals surface area (Å²) >= 11 is 0. The summed E-state index contributed by atoms with van der Waals surface area (Å²) in [4.78, 5) is 19.8. The number of fused-ring (bicyclic) bond motifs is 1. The number of para-hydroxylation sites is 2. The fourth-order valence-corrected chi connectivity index (χ4v) is 2.40. The number of carbonyl (C=O) groups is 1. The van der Waals surface area contributed by atoms with Crippen LogP contribution in [0.2, 0.25) is 0 Å². The van der Waals surface area contributed by atoms with Gasteiger partial charge in [0.25, 0.3) is 0 Å². The minimum atomic E-state index is 0.0657. The Hall–Kier alpha value is -2.63. The molecule has 1 amide bonds. The molecule has 1 aromatic carbocycles. The lowest BCUT2D eigenvalue weighted by Crippen LogP contribution is -2.16. The molecule has 106 valence electrons. The number of hydrogen-bond acceptors (Lipinski definition) is 3. The van der Waals surface area contributed by atoms with Crippen LogP contribution in [-0.4, -0.2) is 25.7 Å². The Kier molecular flexibility index (Phi) is 2.57. The van der Waals surface area contributed by atoms with Gasteiger partial charge in [-0.05, 0) is 25.0 Å². The van der Waals surface area contributed by atoms with E-state index in [1.54, 1.807) is 10.9 Å². The van der Waals surface area contributed by atoms with Gasteiger partial charge < -0.3 is 10.3 Å². The van der Waals surface area contributed by atoms with E-state index in [9.17, 15) is 4.79 Å². The maximum atomic E-state index is 12.0. The first-order valence-corrected chi connectivity index (χ1v) is 7.00. The average Bonchev–Trinajstić information content (AvgIpc) is 3.16. The Balaban J connectivity index is 1.75. The first-order chi connectivity index (χ1) is 10.2. The summed E-state index contributed by atoms with van der Waals surface area (Å²) in [5.41, 5.74) is 2.68. The molecule has 6 nitrogen and oxygen atoms in total. The van der Waals surface area contributed by atoms with Crippen LogP contribution >= 0.6 is 0 Å². The minimum absolute atomic E-state index is 0.0657. The number of aromatic amines is 1. The zero-order chi connectivity index (χ0) is 14.4. The Morgan fingerprint density at radius 1 is 1.38 bits per heavy atom. The minimum Gasteiger partial charge on any atom is -0.338 e. The van der Waals surface area contributed by atoms with Crippen molar-refractivity contribution in [2.45, 2.75) is 12.8 Å². The SMILES string of the molecule is Cn1ncc(-c2nc3ccccc3[nH]2)c1NC(=O)C1CC1. The molecule has 1 saturated carbocycles. The van der Waals surface area contributed by atoms with Crippen LogP contribution in [0, 0.1) is 5.92 Å². The van der Waals surface area contributed by atoms with Gasteiger partial charge in [-0.1, -0.05) is 12.1 Å². The summed E-state index contributed by atoms with van der Waals surface area (Å²) in [5, 5.41) is 7.20. The molecule has 0 atom stereocenters. The lowest BCUT2D eigenvalue weighted by molar-refractivity contribution is -0.117. The number of benzene rings is 1. The second-order valence-electron chi connectivity index (χ2n) is 5.40. The molecule has 2 N–H and O–H groups in total. The molecule has 0 radical (unpaired) electrons. The summed E-state index contributed by atoms with van der Waals surface area (Å²) in [7, 11) is 1.81. The summed E-state index contributed by atoms with van der Waals surface area (Å²) in [6.07, 6.45) is 3.67. The number of anilines is 1. The predicted octanol–water partition coefficient (Wildman–Crippen LogP) is 2.31. The van der Waals surface area contributed by atoms with E-state index < -0.39 is 0 Å². The largest absolute Gasteiger partial charge is 0.338 e. The standard InChI is InChI=1S/C15H15N5O/c1-20-14(19-15(21)9-6-7-9)10(8-16-20)13-17-11-4-2-3-5-12(11)18-13/h2-5,8-9H,6-7H2,1H3,(H,17,18)(H,19,21). The molecule has 1 aliphatic rings. The first-order valence-electron chi connectivity index (χ1n) is 7.00. The number of rotatable bonds is 3. The van der Waals surface area contributed by atoms with Crippen LogP contribution in [0.4, 0.5) is 5.82 Å². The van der Waals surface area contributed by atoms with Crippen LogP contribution < -0.4 is 5.32 Å². The highest BCUT2D eigenvalue weighted by atomic mass is 16.2. The van der Waals surface area contributed by atoms with Gasteiger partial charge in [0.1, 0.15) is 11.6 Å². The lowest BCUT2D eigenvalue weighted by atomic mass is 10.3. The van der Waals surface area contributed by atoms with Crippen molar-refractivity contribution in [2.24, 2.45) is 13.0 Å². The normalized spacial score (nSPS) is 14.5. The number of hydrogen-bond donors (Lipinski definition) is 2. The van der Waals surface area contributed by atoms with Crippen molar-refractivity contribution in [2.75, 3.05) is 5.32 Å². The van der Waals surface area contributed by atoms with E-state index in [2.05, 4.69) is 20.4 Å². The van der Waals surface area contributed by atoms with Gasteiger partial charge in [0.05, 0.1) is 22.8 Å². The molecule has 2 heterocycles. The Morgan fingerprint density at radius 2 is 2.19 bits per heavy atom. The highest BCUT2D eigenvalue weighted by molar-refractivity contribution is 5.96. The third kappa shape index (κ3) is 2.08. The van der Waals surface area contributed by atoms with E-state index in [0.29, 0.717) is 5.82 Å². The molecule has 0 spiro atoms. The van der Waals surface area contributed by atoms with Crippen LogP contribution in [0.5, 0.6) is 0 Å². The van der Waals surface area contributed by atoms with Gasteiger partial charge in [0, 0.05) is 13.0 Å². The second kappa shape index (κ2) is 4.44. The highest BCUT2D eigenvalue weighted by Crippen LogP contribution is 2.32. The van der Waals surface area contributed by atoms with Crippen molar-refractivity contribution in [1.29, 1.82) is 0 Å². The zero-order valence-corrected chi connectivity index (χ0v) is 11.6. The summed E-state index contributed by atoms with van der Waals surface area (Å²) in [6.45, 7) is 0. The van der Waals surface area contributed by atoms with Crippen LogP contribution in [0.15, 0.2) is 30.5 Å². The molecular weight excluding hydrogens is 266 g/mol. The number of nitrogens with one attached hydrogen (secondary N) is 2. The van der Waals surface area contributed by atoms with Crippen LogP contribution in [-0.2, 0) is 11.8 Å². The molecule has 0 saturated heterocycles. The van der Waals surface area contributed by atoms with E-state index in [0.717, 1.165) is 35.3 Å². The van der Waals surface area contributed by atoms with Gasteiger partial charge in [-0.15, -0.1) is 0 Å². The lowest BCUT2D eigenvalue weighted by Gasteiger charge is -2.06. The molecule has 1 fully saturated rings. The van der Waals surface area contributed by atoms with Crippen molar-refractivity contribution in [3.8, 4) is 11.4 Å². The van der Waals surface area contributed by atoms with Crippen molar-refractivity contribution in [1.82, 2.24) is 19.7 Å². The van der Waals surface area contributed by atoms with E-state index in [-0.39, 0.29) is 11.8 Å². The summed E-state index contributed by atoms with van der Waals surface area (Å²) < 4.78 is 1.67. The topological polar surface area (TPSA) is 75.6 Å². The second-order valence-corrected chi connectivity index (χ2v) is 5.40. The Labute approximate surface area is 121 Å². The molecule has 0 unspecified atom stereocenters. The van der Waals surface area contributed by atoms with E-state index in [1.165, 1.54) is 0 Å². The fourth-order valence-electron chi connectivity index (χ4n) is 2.40. The average molecular weight is 281 g/mol. The van der Waals surface area contributed by atoms with Crippen LogP contribution in [0.3, 0.4) is 0 Å². The molecule has 2 aromatic heterocycles. The molecule has 0 bridgehead atoms. The molecule has 3 aromatic rings. The first kappa shape index (κ1) is 12.1. The number of imidazole rings is 1. The van der Waals surface area contributed by atoms with Crippen LogP contribution in [0.25, 0.3) is 22.4 Å². The quantitative estimate of drug-likeness (QED) is 0.773. The van der Waals surface area contributed by atoms with E-state index in [4.69, 9.17) is 0 Å². The molecule has 1 aliphatic carbocycles. The van der Waals surface area contributed by atoms with Gasteiger partial charge in [0.15, 0.2) is 0 Å². The van der Waals surface area contributed by atoms with Gasteiger partial charge in [-0.2, -0.15) is 5.10 Å². The third-order valence-electron chi connectivity index (χ3n) is 3.77. The van der Waals surface area contributed by atoms with Crippen LogP contribution in [0.1, 0.15) is 12.8 Å². The maximum absolute atomic E-state index is 12.0. The smallest absolute Gasteiger partial charge is 0.228 e. The van der Waals surface area contributed by atoms with E-state index in [1.807, 2.05) is 31.3 Å². The maximum Gasteiger partial charge on any atom is 0.228 e. The number of aryl methyl sites for hydroxylation is 1. The number of aromatic nitrogens is 4.